The van der Waals surface area contributed by atoms with Crippen LogP contribution in [-0.4, -0.2) is 17.7 Å². The first-order valence-corrected chi connectivity index (χ1v) is 7.14. The van der Waals surface area contributed by atoms with Crippen LogP contribution >= 0.6 is 0 Å². The maximum absolute atomic E-state index is 11.5. The molecule has 0 saturated carbocycles. The van der Waals surface area contributed by atoms with Crippen LogP contribution in [0.1, 0.15) is 18.2 Å². The Balaban J connectivity index is 1.84. The largest absolute Gasteiger partial charge is 0.465 e. The summed E-state index contributed by atoms with van der Waals surface area (Å²) >= 11 is 0. The fourth-order valence-corrected chi connectivity index (χ4v) is 1.82. The second-order valence-corrected chi connectivity index (χ2v) is 4.90. The van der Waals surface area contributed by atoms with E-state index >= 15 is 0 Å². The maximum atomic E-state index is 11.5. The predicted octanol–water partition coefficient (Wildman–Crippen LogP) is 2.31. The second kappa shape index (κ2) is 8.33. The van der Waals surface area contributed by atoms with Crippen LogP contribution in [0.15, 0.2) is 58.3 Å². The van der Waals surface area contributed by atoms with E-state index in [1.165, 1.54) is 25.3 Å². The van der Waals surface area contributed by atoms with Gasteiger partial charge in [-0.2, -0.15) is 0 Å². The van der Waals surface area contributed by atoms with E-state index in [2.05, 4.69) is 15.3 Å². The highest BCUT2D eigenvalue weighted by molar-refractivity contribution is 5.89. The molecule has 1 heterocycles. The lowest BCUT2D eigenvalue weighted by Crippen LogP contribution is -2.16. The summed E-state index contributed by atoms with van der Waals surface area (Å²) < 4.78 is 5.04. The number of nitrogens with zero attached hydrogens (tertiary/aromatic N) is 1. The average Bonchev–Trinajstić information content (AvgIpc) is 3.06. The molecule has 0 atom stereocenters. The molecule has 3 N–H and O–H groups in total. The van der Waals surface area contributed by atoms with Gasteiger partial charge in [-0.1, -0.05) is 17.3 Å². The lowest BCUT2D eigenvalue weighted by atomic mass is 10.1. The lowest BCUT2D eigenvalue weighted by molar-refractivity contribution is -0.137. The van der Waals surface area contributed by atoms with Gasteiger partial charge in [0, 0.05) is 25.1 Å². The van der Waals surface area contributed by atoms with Crippen molar-refractivity contribution in [3.8, 4) is 0 Å². The van der Waals surface area contributed by atoms with E-state index in [0.29, 0.717) is 17.9 Å². The number of rotatable bonds is 6. The van der Waals surface area contributed by atoms with Crippen molar-refractivity contribution in [1.29, 1.82) is 0 Å². The van der Waals surface area contributed by atoms with Gasteiger partial charge in [0.25, 0.3) is 0 Å². The molecule has 7 nitrogen and oxygen atoms in total. The standard InChI is InChI=1S/C17H17N3O4/c1-12(21)19-14-6-4-13(5-7-14)11-16(18)20-24-17(22)9-8-15-3-2-10-23-15/h2-10H,11H2,1H3,(H2,18,20)(H,19,21)/b9-8+. The van der Waals surface area contributed by atoms with E-state index in [-0.39, 0.29) is 11.7 Å². The highest BCUT2D eigenvalue weighted by Crippen LogP contribution is 2.10. The van der Waals surface area contributed by atoms with Crippen LogP contribution in [0.5, 0.6) is 0 Å². The average molecular weight is 327 g/mol. The number of anilines is 1. The molecule has 124 valence electrons. The molecule has 0 aliphatic heterocycles. The minimum absolute atomic E-state index is 0.140. The Morgan fingerprint density at radius 1 is 1.29 bits per heavy atom. The molecular weight excluding hydrogens is 310 g/mol. The van der Waals surface area contributed by atoms with Crippen LogP contribution in [0.3, 0.4) is 0 Å². The SMILES string of the molecule is CC(=O)Nc1ccc(C/C(N)=N/OC(=O)/C=C/c2ccco2)cc1. The van der Waals surface area contributed by atoms with Crippen LogP contribution in [-0.2, 0) is 20.8 Å². The van der Waals surface area contributed by atoms with E-state index in [1.807, 2.05) is 0 Å². The number of hydrogen-bond donors (Lipinski definition) is 2. The van der Waals surface area contributed by atoms with Crippen molar-refractivity contribution in [2.24, 2.45) is 10.9 Å². The van der Waals surface area contributed by atoms with Crippen molar-refractivity contribution in [3.63, 3.8) is 0 Å². The van der Waals surface area contributed by atoms with Crippen LogP contribution in [0.2, 0.25) is 0 Å². The highest BCUT2D eigenvalue weighted by atomic mass is 16.7. The van der Waals surface area contributed by atoms with Gasteiger partial charge < -0.3 is 20.3 Å². The van der Waals surface area contributed by atoms with Crippen molar-refractivity contribution < 1.29 is 18.8 Å². The molecule has 0 radical (unpaired) electrons. The Labute approximate surface area is 138 Å². The summed E-state index contributed by atoms with van der Waals surface area (Å²) in [7, 11) is 0. The maximum Gasteiger partial charge on any atom is 0.358 e. The number of carbonyl (C=O) groups excluding carboxylic acids is 2. The molecule has 2 aromatic rings. The van der Waals surface area contributed by atoms with Crippen molar-refractivity contribution in [1.82, 2.24) is 0 Å². The van der Waals surface area contributed by atoms with Gasteiger partial charge in [0.05, 0.1) is 6.26 Å². The first-order valence-electron chi connectivity index (χ1n) is 7.14. The number of nitrogens with one attached hydrogen (secondary N) is 1. The second-order valence-electron chi connectivity index (χ2n) is 4.90. The summed E-state index contributed by atoms with van der Waals surface area (Å²) in [6.45, 7) is 1.44. The van der Waals surface area contributed by atoms with Crippen molar-refractivity contribution >= 4 is 29.5 Å². The third kappa shape index (κ3) is 5.80. The molecule has 0 unspecified atom stereocenters. The fourth-order valence-electron chi connectivity index (χ4n) is 1.82. The molecule has 1 aromatic heterocycles. The first-order chi connectivity index (χ1) is 11.5. The molecule has 1 aromatic carbocycles. The zero-order valence-corrected chi connectivity index (χ0v) is 13.1. The number of hydrogen-bond acceptors (Lipinski definition) is 5. The van der Waals surface area contributed by atoms with Gasteiger partial charge >= 0.3 is 5.97 Å². The van der Waals surface area contributed by atoms with E-state index in [4.69, 9.17) is 10.2 Å². The molecular formula is C17H17N3O4. The van der Waals surface area contributed by atoms with Gasteiger partial charge in [0.15, 0.2) is 0 Å². The Morgan fingerprint density at radius 2 is 2.04 bits per heavy atom. The minimum atomic E-state index is -0.657. The van der Waals surface area contributed by atoms with Gasteiger partial charge in [-0.3, -0.25) is 4.79 Å². The van der Waals surface area contributed by atoms with E-state index in [9.17, 15) is 9.59 Å². The molecule has 0 spiro atoms. The van der Waals surface area contributed by atoms with Gasteiger partial charge in [-0.15, -0.1) is 0 Å². The van der Waals surface area contributed by atoms with Crippen LogP contribution < -0.4 is 11.1 Å². The molecule has 1 amide bonds. The Morgan fingerprint density at radius 3 is 2.67 bits per heavy atom. The van der Waals surface area contributed by atoms with Crippen molar-refractivity contribution in [2.75, 3.05) is 5.32 Å². The van der Waals surface area contributed by atoms with Gasteiger partial charge in [-0.05, 0) is 35.9 Å². The number of benzene rings is 1. The molecule has 0 aliphatic rings. The van der Waals surface area contributed by atoms with Crippen LogP contribution in [0.4, 0.5) is 5.69 Å². The van der Waals surface area contributed by atoms with E-state index in [0.717, 1.165) is 5.56 Å². The Hall–Kier alpha value is -3.35. The van der Waals surface area contributed by atoms with Crippen molar-refractivity contribution in [2.45, 2.75) is 13.3 Å². The molecule has 0 bridgehead atoms. The number of carbonyl (C=O) groups is 2. The number of oxime groups is 1. The third-order valence-corrected chi connectivity index (χ3v) is 2.84. The topological polar surface area (TPSA) is 107 Å². The first kappa shape index (κ1) is 17.0. The van der Waals surface area contributed by atoms with Gasteiger partial charge in [0.1, 0.15) is 11.6 Å². The van der Waals surface area contributed by atoms with Crippen molar-refractivity contribution in [3.05, 3.63) is 60.1 Å². The number of amidine groups is 1. The van der Waals surface area contributed by atoms with Crippen LogP contribution in [0, 0.1) is 0 Å². The van der Waals surface area contributed by atoms with Crippen LogP contribution in [0.25, 0.3) is 6.08 Å². The zero-order valence-electron chi connectivity index (χ0n) is 13.1. The summed E-state index contributed by atoms with van der Waals surface area (Å²) in [6, 6.07) is 10.5. The summed E-state index contributed by atoms with van der Waals surface area (Å²) in [5.74, 6) is -0.112. The number of amides is 1. The smallest absolute Gasteiger partial charge is 0.358 e. The minimum Gasteiger partial charge on any atom is -0.465 e. The normalized spacial score (nSPS) is 11.5. The predicted molar refractivity (Wildman–Crippen MR) is 89.9 cm³/mol. The lowest BCUT2D eigenvalue weighted by Gasteiger charge is -2.04. The van der Waals surface area contributed by atoms with E-state index < -0.39 is 5.97 Å². The highest BCUT2D eigenvalue weighted by Gasteiger charge is 2.02. The molecule has 2 rings (SSSR count). The fraction of sp³-hybridized carbons (Fsp3) is 0.118. The summed E-state index contributed by atoms with van der Waals surface area (Å²) in [5, 5.41) is 6.25. The molecule has 7 heteroatoms. The summed E-state index contributed by atoms with van der Waals surface area (Å²) in [5.41, 5.74) is 7.28. The number of nitrogens with two attached hydrogens (primary N) is 1. The zero-order chi connectivity index (χ0) is 17.4. The quantitative estimate of drug-likeness (QED) is 0.278. The summed E-state index contributed by atoms with van der Waals surface area (Å²) in [4.78, 5) is 27.1. The summed E-state index contributed by atoms with van der Waals surface area (Å²) in [6.07, 6.45) is 4.47. The number of furan rings is 1. The molecule has 0 fully saturated rings. The van der Waals surface area contributed by atoms with Gasteiger partial charge in [0.2, 0.25) is 5.91 Å². The Bertz CT molecular complexity index is 747. The third-order valence-electron chi connectivity index (χ3n) is 2.84. The Kier molecular flexibility index (Phi) is 5.90. The molecule has 24 heavy (non-hydrogen) atoms. The van der Waals surface area contributed by atoms with Gasteiger partial charge in [-0.25, -0.2) is 4.79 Å². The monoisotopic (exact) mass is 327 g/mol. The van der Waals surface area contributed by atoms with E-state index in [1.54, 1.807) is 36.4 Å². The molecule has 0 aliphatic carbocycles. The molecule has 0 saturated heterocycles.